The second-order valence-electron chi connectivity index (χ2n) is 5.48. The van der Waals surface area contributed by atoms with Crippen LogP contribution in [0.4, 0.5) is 0 Å². The average Bonchev–Trinajstić information content (AvgIpc) is 2.48. The maximum atomic E-state index is 6.23. The van der Waals surface area contributed by atoms with Gasteiger partial charge in [-0.1, -0.05) is 23.7 Å². The zero-order valence-corrected chi connectivity index (χ0v) is 13.5. The summed E-state index contributed by atoms with van der Waals surface area (Å²) in [4.78, 5) is 6.38. The molecule has 0 radical (unpaired) electrons. The Bertz CT molecular complexity index is 554. The highest BCUT2D eigenvalue weighted by Gasteiger charge is 2.25. The molecule has 1 aromatic heterocycles. The molecule has 0 spiro atoms. The van der Waals surface area contributed by atoms with Gasteiger partial charge in [-0.3, -0.25) is 9.88 Å². The van der Waals surface area contributed by atoms with E-state index in [-0.39, 0.29) is 18.1 Å². The summed E-state index contributed by atoms with van der Waals surface area (Å²) in [6.07, 6.45) is 3.62. The van der Waals surface area contributed by atoms with E-state index in [1.807, 2.05) is 43.6 Å². The minimum Gasteiger partial charge on any atom is -0.326 e. The van der Waals surface area contributed by atoms with Crippen molar-refractivity contribution in [3.05, 3.63) is 64.9 Å². The first-order chi connectivity index (χ1) is 10.0. The number of pyridine rings is 1. The molecule has 0 aliphatic carbocycles. The van der Waals surface area contributed by atoms with Crippen LogP contribution in [0.5, 0.6) is 0 Å². The van der Waals surface area contributed by atoms with Gasteiger partial charge < -0.3 is 5.73 Å². The van der Waals surface area contributed by atoms with Crippen molar-refractivity contribution in [3.8, 4) is 0 Å². The number of benzene rings is 1. The molecule has 0 fully saturated rings. The Morgan fingerprint density at radius 2 is 1.57 bits per heavy atom. The lowest BCUT2D eigenvalue weighted by Crippen LogP contribution is -2.38. The van der Waals surface area contributed by atoms with Crippen molar-refractivity contribution in [2.24, 2.45) is 5.73 Å². The van der Waals surface area contributed by atoms with Gasteiger partial charge in [0, 0.05) is 29.5 Å². The smallest absolute Gasteiger partial charge is 0.0500 e. The van der Waals surface area contributed by atoms with Crippen molar-refractivity contribution in [1.29, 1.82) is 0 Å². The molecule has 3 unspecified atom stereocenters. The van der Waals surface area contributed by atoms with Gasteiger partial charge in [-0.2, -0.15) is 0 Å². The van der Waals surface area contributed by atoms with Gasteiger partial charge in [-0.25, -0.2) is 0 Å². The van der Waals surface area contributed by atoms with Gasteiger partial charge in [0.15, 0.2) is 0 Å². The van der Waals surface area contributed by atoms with Gasteiger partial charge in [0.2, 0.25) is 0 Å². The fourth-order valence-corrected chi connectivity index (χ4v) is 2.81. The van der Waals surface area contributed by atoms with E-state index in [9.17, 15) is 0 Å². The Morgan fingerprint density at radius 3 is 2.10 bits per heavy atom. The molecule has 21 heavy (non-hydrogen) atoms. The van der Waals surface area contributed by atoms with Crippen LogP contribution in [-0.4, -0.2) is 23.0 Å². The molecule has 1 heterocycles. The second kappa shape index (κ2) is 7.03. The van der Waals surface area contributed by atoms with Crippen LogP contribution >= 0.6 is 11.6 Å². The summed E-state index contributed by atoms with van der Waals surface area (Å²) in [5.41, 5.74) is 8.63. The minimum atomic E-state index is 0.0205. The normalized spacial score (nSPS) is 15.7. The number of hydrogen-bond acceptors (Lipinski definition) is 3. The fourth-order valence-electron chi connectivity index (χ4n) is 2.69. The molecule has 0 saturated heterocycles. The van der Waals surface area contributed by atoms with E-state index >= 15 is 0 Å². The summed E-state index contributed by atoms with van der Waals surface area (Å²) in [6, 6.07) is 12.4. The van der Waals surface area contributed by atoms with Crippen LogP contribution in [0.15, 0.2) is 48.8 Å². The van der Waals surface area contributed by atoms with Crippen LogP contribution in [0.25, 0.3) is 0 Å². The Labute approximate surface area is 131 Å². The van der Waals surface area contributed by atoms with Crippen molar-refractivity contribution in [3.63, 3.8) is 0 Å². The standard InChI is InChI=1S/C17H22ClN3/c1-12(19)17(15-8-10-20-11-9-15)21(3)13(2)14-4-6-16(18)7-5-14/h4-13,17H,19H2,1-3H3. The maximum Gasteiger partial charge on any atom is 0.0500 e. The molecule has 2 N–H and O–H groups in total. The number of hydrogen-bond donors (Lipinski definition) is 1. The molecular weight excluding hydrogens is 282 g/mol. The molecule has 1 aromatic carbocycles. The van der Waals surface area contributed by atoms with Crippen LogP contribution in [0.1, 0.15) is 37.1 Å². The highest BCUT2D eigenvalue weighted by molar-refractivity contribution is 6.30. The first-order valence-electron chi connectivity index (χ1n) is 7.13. The highest BCUT2D eigenvalue weighted by Crippen LogP contribution is 2.30. The molecule has 2 rings (SSSR count). The topological polar surface area (TPSA) is 42.1 Å². The average molecular weight is 304 g/mol. The van der Waals surface area contributed by atoms with Crippen LogP contribution < -0.4 is 5.73 Å². The first-order valence-corrected chi connectivity index (χ1v) is 7.51. The number of nitrogens with zero attached hydrogens (tertiary/aromatic N) is 2. The van der Waals surface area contributed by atoms with Crippen molar-refractivity contribution in [2.75, 3.05) is 7.05 Å². The Kier molecular flexibility index (Phi) is 5.34. The molecule has 0 aliphatic heterocycles. The molecule has 3 atom stereocenters. The molecule has 0 bridgehead atoms. The number of halogens is 1. The van der Waals surface area contributed by atoms with Crippen LogP contribution in [0.3, 0.4) is 0 Å². The Hall–Kier alpha value is -1.42. The Morgan fingerprint density at radius 1 is 1.00 bits per heavy atom. The minimum absolute atomic E-state index is 0.0205. The fraction of sp³-hybridized carbons (Fsp3) is 0.353. The van der Waals surface area contributed by atoms with E-state index < -0.39 is 0 Å². The lowest BCUT2D eigenvalue weighted by atomic mass is 9.97. The molecule has 3 nitrogen and oxygen atoms in total. The van der Waals surface area contributed by atoms with Crippen LogP contribution in [-0.2, 0) is 0 Å². The van der Waals surface area contributed by atoms with Gasteiger partial charge in [0.1, 0.15) is 0 Å². The molecule has 4 heteroatoms. The predicted molar refractivity (Wildman–Crippen MR) is 88.3 cm³/mol. The summed E-state index contributed by atoms with van der Waals surface area (Å²) in [5.74, 6) is 0. The Balaban J connectivity index is 2.26. The maximum absolute atomic E-state index is 6.23. The molecule has 2 aromatic rings. The van der Waals surface area contributed by atoms with E-state index in [1.54, 1.807) is 0 Å². The number of likely N-dealkylation sites (N-methyl/N-ethyl adjacent to an activating group) is 1. The van der Waals surface area contributed by atoms with Crippen molar-refractivity contribution >= 4 is 11.6 Å². The molecule has 0 saturated carbocycles. The first kappa shape index (κ1) is 16.0. The second-order valence-corrected chi connectivity index (χ2v) is 5.91. The third-order valence-corrected chi connectivity index (χ3v) is 4.20. The summed E-state index contributed by atoms with van der Waals surface area (Å²) < 4.78 is 0. The monoisotopic (exact) mass is 303 g/mol. The zero-order valence-electron chi connectivity index (χ0n) is 12.7. The summed E-state index contributed by atoms with van der Waals surface area (Å²) in [6.45, 7) is 4.22. The van der Waals surface area contributed by atoms with E-state index in [4.69, 9.17) is 17.3 Å². The quantitative estimate of drug-likeness (QED) is 0.913. The van der Waals surface area contributed by atoms with Gasteiger partial charge >= 0.3 is 0 Å². The lowest BCUT2D eigenvalue weighted by molar-refractivity contribution is 0.165. The van der Waals surface area contributed by atoms with Crippen molar-refractivity contribution < 1.29 is 0 Å². The molecule has 0 aliphatic rings. The van der Waals surface area contributed by atoms with Gasteiger partial charge in [-0.05, 0) is 56.3 Å². The molecule has 0 amide bonds. The highest BCUT2D eigenvalue weighted by atomic mass is 35.5. The van der Waals surface area contributed by atoms with E-state index in [0.29, 0.717) is 0 Å². The number of aromatic nitrogens is 1. The van der Waals surface area contributed by atoms with Crippen molar-refractivity contribution in [1.82, 2.24) is 9.88 Å². The van der Waals surface area contributed by atoms with Gasteiger partial charge in [0.05, 0.1) is 6.04 Å². The lowest BCUT2D eigenvalue weighted by Gasteiger charge is -2.36. The summed E-state index contributed by atoms with van der Waals surface area (Å²) in [7, 11) is 2.10. The van der Waals surface area contributed by atoms with Crippen LogP contribution in [0.2, 0.25) is 5.02 Å². The van der Waals surface area contributed by atoms with Gasteiger partial charge in [0.25, 0.3) is 0 Å². The molecule has 112 valence electrons. The molecular formula is C17H22ClN3. The third-order valence-electron chi connectivity index (χ3n) is 3.95. The summed E-state index contributed by atoms with van der Waals surface area (Å²) >= 11 is 5.96. The van der Waals surface area contributed by atoms with E-state index in [2.05, 4.69) is 36.0 Å². The SMILES string of the molecule is CC(N)C(c1ccncc1)N(C)C(C)c1ccc(Cl)cc1. The van der Waals surface area contributed by atoms with E-state index in [1.165, 1.54) is 11.1 Å². The largest absolute Gasteiger partial charge is 0.326 e. The van der Waals surface area contributed by atoms with Gasteiger partial charge in [-0.15, -0.1) is 0 Å². The summed E-state index contributed by atoms with van der Waals surface area (Å²) in [5, 5.41) is 0.756. The third kappa shape index (κ3) is 3.82. The van der Waals surface area contributed by atoms with Crippen LogP contribution in [0, 0.1) is 0 Å². The predicted octanol–water partition coefficient (Wildman–Crippen LogP) is 3.82. The number of rotatable bonds is 5. The van der Waals surface area contributed by atoms with Crippen molar-refractivity contribution in [2.45, 2.75) is 32.0 Å². The zero-order chi connectivity index (χ0) is 15.4. The van der Waals surface area contributed by atoms with E-state index in [0.717, 1.165) is 5.02 Å². The number of nitrogens with two attached hydrogens (primary N) is 1.